The van der Waals surface area contributed by atoms with Crippen LogP contribution in [0.2, 0.25) is 0 Å². The Morgan fingerprint density at radius 3 is 2.83 bits per heavy atom. The van der Waals surface area contributed by atoms with E-state index in [2.05, 4.69) is 4.98 Å². The van der Waals surface area contributed by atoms with Crippen molar-refractivity contribution in [3.8, 4) is 6.07 Å². The Balaban J connectivity index is 2.02. The molecule has 1 unspecified atom stereocenters. The summed E-state index contributed by atoms with van der Waals surface area (Å²) < 4.78 is 6.56. The second kappa shape index (κ2) is 8.75. The second-order valence-electron chi connectivity index (χ2n) is 6.94. The third kappa shape index (κ3) is 4.31. The van der Waals surface area contributed by atoms with E-state index in [0.29, 0.717) is 6.61 Å². The van der Waals surface area contributed by atoms with Crippen LogP contribution >= 0.6 is 0 Å². The van der Waals surface area contributed by atoms with Gasteiger partial charge in [-0.3, -0.25) is 24.3 Å². The van der Waals surface area contributed by atoms with Crippen LogP contribution in [-0.2, 0) is 27.3 Å². The lowest BCUT2D eigenvalue weighted by atomic mass is 10.1. The number of hydrogen-bond donors (Lipinski definition) is 2. The zero-order valence-corrected chi connectivity index (χ0v) is 16.0. The molecular weight excluding hydrogens is 396 g/mol. The smallest absolute Gasteiger partial charge is 0.327 e. The fourth-order valence-electron chi connectivity index (χ4n) is 3.63. The number of rotatable bonds is 8. The highest BCUT2D eigenvalue weighted by molar-refractivity contribution is 5.91. The average Bonchev–Trinajstić information content (AvgIpc) is 3.29. The first-order valence-electron chi connectivity index (χ1n) is 9.25. The van der Waals surface area contributed by atoms with Gasteiger partial charge in [0, 0.05) is 19.2 Å². The van der Waals surface area contributed by atoms with Crippen molar-refractivity contribution in [1.82, 2.24) is 14.5 Å². The molecule has 1 atom stereocenters. The number of fused-ring (bicyclic) bond motifs is 1. The van der Waals surface area contributed by atoms with E-state index < -0.39 is 28.8 Å². The largest absolute Gasteiger partial charge is 0.376 e. The normalized spacial score (nSPS) is 15.8. The number of ether oxygens (including phenoxy) is 1. The van der Waals surface area contributed by atoms with Gasteiger partial charge < -0.3 is 20.4 Å². The number of aromatic amines is 1. The molecule has 1 aromatic carbocycles. The Hall–Kier alpha value is -3.72. The minimum atomic E-state index is -0.725. The van der Waals surface area contributed by atoms with Gasteiger partial charge in [-0.2, -0.15) is 5.26 Å². The van der Waals surface area contributed by atoms with E-state index in [1.807, 2.05) is 6.07 Å². The van der Waals surface area contributed by atoms with Crippen molar-refractivity contribution in [2.45, 2.75) is 31.9 Å². The summed E-state index contributed by atoms with van der Waals surface area (Å²) in [4.78, 5) is 51.3. The molecule has 1 aliphatic rings. The van der Waals surface area contributed by atoms with E-state index >= 15 is 0 Å². The van der Waals surface area contributed by atoms with Gasteiger partial charge in [-0.25, -0.2) is 4.79 Å². The van der Waals surface area contributed by atoms with Crippen LogP contribution < -0.4 is 11.4 Å². The summed E-state index contributed by atoms with van der Waals surface area (Å²) in [5.74, 6) is -1.30. The fourth-order valence-corrected chi connectivity index (χ4v) is 3.63. The summed E-state index contributed by atoms with van der Waals surface area (Å²) in [5.41, 5.74) is 4.65. The minimum Gasteiger partial charge on any atom is -0.376 e. The summed E-state index contributed by atoms with van der Waals surface area (Å²) in [6.45, 7) is -0.0236. The third-order valence-corrected chi connectivity index (χ3v) is 4.92. The standard InChI is InChI=1S/C18H20N6O6/c19-5-6-23-17-12(14(24(28)29)4-3-13(17)21-18(23)27)8-16(26)22(10-15(20)25)9-11-2-1-7-30-11/h3-4,11H,1-2,6-10H2,(H2,20,25)(H,21,27). The monoisotopic (exact) mass is 416 g/mol. The number of nitro groups is 1. The Morgan fingerprint density at radius 1 is 1.47 bits per heavy atom. The molecular formula is C18H20N6O6. The summed E-state index contributed by atoms with van der Waals surface area (Å²) in [6.07, 6.45) is 0.856. The number of hydrogen-bond acceptors (Lipinski definition) is 7. The number of carbonyl (C=O) groups is 2. The Kier molecular flexibility index (Phi) is 6.12. The van der Waals surface area contributed by atoms with E-state index in [4.69, 9.17) is 15.7 Å². The van der Waals surface area contributed by atoms with E-state index in [1.54, 1.807) is 0 Å². The van der Waals surface area contributed by atoms with Crippen molar-refractivity contribution in [2.24, 2.45) is 5.73 Å². The molecule has 2 aromatic rings. The number of carbonyl (C=O) groups excluding carboxylic acids is 2. The van der Waals surface area contributed by atoms with Gasteiger partial charge in [0.25, 0.3) is 5.69 Å². The van der Waals surface area contributed by atoms with Crippen molar-refractivity contribution in [2.75, 3.05) is 19.7 Å². The van der Waals surface area contributed by atoms with Crippen LogP contribution in [0, 0.1) is 21.4 Å². The van der Waals surface area contributed by atoms with Crippen LogP contribution in [0.3, 0.4) is 0 Å². The lowest BCUT2D eigenvalue weighted by molar-refractivity contribution is -0.385. The first-order valence-corrected chi connectivity index (χ1v) is 9.25. The molecule has 12 nitrogen and oxygen atoms in total. The highest BCUT2D eigenvalue weighted by atomic mass is 16.6. The number of benzene rings is 1. The van der Waals surface area contributed by atoms with E-state index in [1.165, 1.54) is 17.0 Å². The van der Waals surface area contributed by atoms with Gasteiger partial charge in [0.2, 0.25) is 11.8 Å². The quantitative estimate of drug-likeness (QED) is 0.442. The zero-order chi connectivity index (χ0) is 21.8. The maximum absolute atomic E-state index is 13.0. The number of nitriles is 1. The van der Waals surface area contributed by atoms with Crippen molar-refractivity contribution < 1.29 is 19.2 Å². The Bertz CT molecular complexity index is 1090. The van der Waals surface area contributed by atoms with Gasteiger partial charge >= 0.3 is 5.69 Å². The summed E-state index contributed by atoms with van der Waals surface area (Å²) in [6, 6.07) is 4.37. The number of aromatic nitrogens is 2. The number of nitro benzene ring substituents is 1. The van der Waals surface area contributed by atoms with Crippen molar-refractivity contribution in [3.63, 3.8) is 0 Å². The molecule has 3 rings (SSSR count). The molecule has 2 heterocycles. The maximum atomic E-state index is 13.0. The van der Waals surface area contributed by atoms with Gasteiger partial charge in [0.05, 0.1) is 46.7 Å². The molecule has 0 radical (unpaired) electrons. The molecule has 2 amide bonds. The highest BCUT2D eigenvalue weighted by Gasteiger charge is 2.28. The maximum Gasteiger partial charge on any atom is 0.327 e. The number of primary amides is 1. The number of nitrogens with two attached hydrogens (primary N) is 1. The predicted molar refractivity (Wildman–Crippen MR) is 103 cm³/mol. The average molecular weight is 416 g/mol. The molecule has 158 valence electrons. The molecule has 0 saturated carbocycles. The molecule has 12 heteroatoms. The molecule has 0 spiro atoms. The Labute approximate surface area is 170 Å². The number of H-pyrrole nitrogens is 1. The highest BCUT2D eigenvalue weighted by Crippen LogP contribution is 2.28. The molecule has 1 aromatic heterocycles. The van der Waals surface area contributed by atoms with Crippen LogP contribution in [0.1, 0.15) is 18.4 Å². The van der Waals surface area contributed by atoms with Gasteiger partial charge in [-0.05, 0) is 18.9 Å². The molecule has 30 heavy (non-hydrogen) atoms. The third-order valence-electron chi connectivity index (χ3n) is 4.92. The summed E-state index contributed by atoms with van der Waals surface area (Å²) in [7, 11) is 0. The second-order valence-corrected chi connectivity index (χ2v) is 6.94. The molecule has 1 fully saturated rings. The van der Waals surface area contributed by atoms with Crippen molar-refractivity contribution >= 4 is 28.5 Å². The van der Waals surface area contributed by atoms with Gasteiger partial charge in [-0.1, -0.05) is 0 Å². The fraction of sp³-hybridized carbons (Fsp3) is 0.444. The molecule has 3 N–H and O–H groups in total. The SMILES string of the molecule is N#CCn1c(=O)[nH]c2ccc([N+](=O)[O-])c(CC(=O)N(CC(N)=O)CC3CCCO3)c21. The van der Waals surface area contributed by atoms with E-state index in [0.717, 1.165) is 17.4 Å². The number of nitrogens with one attached hydrogen (secondary N) is 1. The summed E-state index contributed by atoms with van der Waals surface area (Å²) >= 11 is 0. The van der Waals surface area contributed by atoms with Gasteiger partial charge in [0.1, 0.15) is 6.54 Å². The van der Waals surface area contributed by atoms with Crippen LogP contribution in [0.5, 0.6) is 0 Å². The van der Waals surface area contributed by atoms with Crippen LogP contribution in [0.4, 0.5) is 5.69 Å². The van der Waals surface area contributed by atoms with Crippen molar-refractivity contribution in [1.29, 1.82) is 5.26 Å². The number of nitrogens with zero attached hydrogens (tertiary/aromatic N) is 4. The van der Waals surface area contributed by atoms with E-state index in [9.17, 15) is 24.5 Å². The van der Waals surface area contributed by atoms with Crippen LogP contribution in [0.15, 0.2) is 16.9 Å². The van der Waals surface area contributed by atoms with Gasteiger partial charge in [0.15, 0.2) is 0 Å². The molecule has 0 bridgehead atoms. The molecule has 0 aliphatic carbocycles. The first-order chi connectivity index (χ1) is 14.3. The zero-order valence-electron chi connectivity index (χ0n) is 16.0. The van der Waals surface area contributed by atoms with Crippen molar-refractivity contribution in [3.05, 3.63) is 38.3 Å². The van der Waals surface area contributed by atoms with Crippen LogP contribution in [0.25, 0.3) is 11.0 Å². The lowest BCUT2D eigenvalue weighted by Gasteiger charge is -2.24. The summed E-state index contributed by atoms with van der Waals surface area (Å²) in [5, 5.41) is 20.6. The topological polar surface area (TPSA) is 177 Å². The Morgan fingerprint density at radius 2 is 2.23 bits per heavy atom. The lowest BCUT2D eigenvalue weighted by Crippen LogP contribution is -2.43. The number of imidazole rings is 1. The number of amides is 2. The van der Waals surface area contributed by atoms with Crippen LogP contribution in [-0.4, -0.2) is 57.0 Å². The minimum absolute atomic E-state index is 0.0158. The van der Waals surface area contributed by atoms with E-state index in [-0.39, 0.29) is 48.0 Å². The molecule has 1 saturated heterocycles. The molecule has 1 aliphatic heterocycles. The predicted octanol–water partition coefficient (Wildman–Crippen LogP) is -0.203. The van der Waals surface area contributed by atoms with Gasteiger partial charge in [-0.15, -0.1) is 0 Å². The first kappa shape index (κ1) is 21.0.